The maximum Gasteiger partial charge on any atom is 0.251 e. The molecule has 2 heterocycles. The molecular formula is C10H18N2O4. The van der Waals surface area contributed by atoms with Crippen LogP contribution in [0.5, 0.6) is 0 Å². The zero-order valence-corrected chi connectivity index (χ0v) is 9.08. The molecule has 1 amide bonds. The van der Waals surface area contributed by atoms with Gasteiger partial charge < -0.3 is 25.6 Å². The van der Waals surface area contributed by atoms with Crippen molar-refractivity contribution in [2.75, 3.05) is 19.6 Å². The van der Waals surface area contributed by atoms with Crippen LogP contribution in [0, 0.1) is 0 Å². The minimum Gasteiger partial charge on any atom is -0.388 e. The molecule has 2 aliphatic heterocycles. The lowest BCUT2D eigenvalue weighted by molar-refractivity contribution is -0.142. The SMILES string of the molecule is NCC1CCC(C(=O)N2C[C@@H](O)[C@@H](O)C2)O1. The molecule has 2 rings (SSSR count). The number of nitrogens with two attached hydrogens (primary N) is 1. The predicted octanol–water partition coefficient (Wildman–Crippen LogP) is -1.94. The van der Waals surface area contributed by atoms with E-state index in [-0.39, 0.29) is 25.1 Å². The van der Waals surface area contributed by atoms with Crippen LogP contribution in [0.4, 0.5) is 0 Å². The summed E-state index contributed by atoms with van der Waals surface area (Å²) < 4.78 is 5.48. The topological polar surface area (TPSA) is 96.0 Å². The number of ether oxygens (including phenoxy) is 1. The van der Waals surface area contributed by atoms with Gasteiger partial charge in [0, 0.05) is 19.6 Å². The summed E-state index contributed by atoms with van der Waals surface area (Å²) in [5.74, 6) is -0.147. The van der Waals surface area contributed by atoms with Gasteiger partial charge in [-0.05, 0) is 12.8 Å². The quantitative estimate of drug-likeness (QED) is 0.513. The van der Waals surface area contributed by atoms with Gasteiger partial charge in [0.1, 0.15) is 6.10 Å². The molecule has 4 atom stereocenters. The van der Waals surface area contributed by atoms with Crippen LogP contribution >= 0.6 is 0 Å². The van der Waals surface area contributed by atoms with Crippen LogP contribution in [0.2, 0.25) is 0 Å². The summed E-state index contributed by atoms with van der Waals surface area (Å²) >= 11 is 0. The van der Waals surface area contributed by atoms with Crippen molar-refractivity contribution in [1.29, 1.82) is 0 Å². The van der Waals surface area contributed by atoms with Gasteiger partial charge in [0.25, 0.3) is 5.91 Å². The predicted molar refractivity (Wildman–Crippen MR) is 55.5 cm³/mol. The normalized spacial score (nSPS) is 39.3. The molecule has 4 N–H and O–H groups in total. The van der Waals surface area contributed by atoms with Gasteiger partial charge in [0.2, 0.25) is 0 Å². The maximum absolute atomic E-state index is 11.9. The van der Waals surface area contributed by atoms with Crippen LogP contribution in [-0.4, -0.2) is 65.1 Å². The fourth-order valence-corrected chi connectivity index (χ4v) is 2.21. The average Bonchev–Trinajstić information content (AvgIpc) is 2.86. The summed E-state index contributed by atoms with van der Waals surface area (Å²) in [6, 6.07) is 0. The van der Waals surface area contributed by atoms with E-state index in [1.54, 1.807) is 0 Å². The number of carbonyl (C=O) groups is 1. The van der Waals surface area contributed by atoms with E-state index in [0.29, 0.717) is 13.0 Å². The number of hydrogen-bond acceptors (Lipinski definition) is 5. The lowest BCUT2D eigenvalue weighted by Gasteiger charge is -2.20. The Morgan fingerprint density at radius 3 is 2.44 bits per heavy atom. The second-order valence-electron chi connectivity index (χ2n) is 4.44. The van der Waals surface area contributed by atoms with Crippen molar-refractivity contribution in [3.05, 3.63) is 0 Å². The van der Waals surface area contributed by atoms with Crippen LogP contribution < -0.4 is 5.73 Å². The number of aliphatic hydroxyl groups excluding tert-OH is 2. The first-order valence-corrected chi connectivity index (χ1v) is 5.62. The van der Waals surface area contributed by atoms with Crippen molar-refractivity contribution in [3.8, 4) is 0 Å². The third-order valence-corrected chi connectivity index (χ3v) is 3.22. The Morgan fingerprint density at radius 2 is 1.94 bits per heavy atom. The molecule has 0 aromatic heterocycles. The molecule has 0 aromatic carbocycles. The molecule has 0 aliphatic carbocycles. The fourth-order valence-electron chi connectivity index (χ4n) is 2.21. The van der Waals surface area contributed by atoms with E-state index >= 15 is 0 Å². The first kappa shape index (κ1) is 11.8. The largest absolute Gasteiger partial charge is 0.388 e. The summed E-state index contributed by atoms with van der Waals surface area (Å²) in [6.45, 7) is 0.801. The molecule has 92 valence electrons. The van der Waals surface area contributed by atoms with E-state index in [1.807, 2.05) is 0 Å². The summed E-state index contributed by atoms with van der Waals surface area (Å²) in [6.07, 6.45) is -0.696. The Morgan fingerprint density at radius 1 is 1.31 bits per heavy atom. The zero-order chi connectivity index (χ0) is 11.7. The molecule has 2 saturated heterocycles. The van der Waals surface area contributed by atoms with Crippen molar-refractivity contribution in [3.63, 3.8) is 0 Å². The van der Waals surface area contributed by atoms with Crippen LogP contribution in [0.1, 0.15) is 12.8 Å². The number of likely N-dealkylation sites (tertiary alicyclic amines) is 1. The van der Waals surface area contributed by atoms with Gasteiger partial charge in [-0.1, -0.05) is 0 Å². The van der Waals surface area contributed by atoms with E-state index < -0.39 is 18.3 Å². The monoisotopic (exact) mass is 230 g/mol. The molecule has 6 heteroatoms. The van der Waals surface area contributed by atoms with Gasteiger partial charge in [-0.2, -0.15) is 0 Å². The highest BCUT2D eigenvalue weighted by Gasteiger charge is 2.38. The molecular weight excluding hydrogens is 212 g/mol. The number of aliphatic hydroxyl groups is 2. The molecule has 16 heavy (non-hydrogen) atoms. The van der Waals surface area contributed by atoms with Gasteiger partial charge in [0.15, 0.2) is 0 Å². The van der Waals surface area contributed by atoms with Crippen molar-refractivity contribution >= 4 is 5.91 Å². The Bertz CT molecular complexity index is 264. The highest BCUT2D eigenvalue weighted by molar-refractivity contribution is 5.81. The van der Waals surface area contributed by atoms with Crippen LogP contribution in [0.15, 0.2) is 0 Å². The molecule has 2 aliphatic rings. The van der Waals surface area contributed by atoms with Crippen LogP contribution in [0.25, 0.3) is 0 Å². The summed E-state index contributed by atoms with van der Waals surface area (Å²) in [7, 11) is 0. The minimum absolute atomic E-state index is 0.0357. The van der Waals surface area contributed by atoms with Gasteiger partial charge >= 0.3 is 0 Å². The van der Waals surface area contributed by atoms with Crippen molar-refractivity contribution in [1.82, 2.24) is 4.90 Å². The van der Waals surface area contributed by atoms with Crippen molar-refractivity contribution in [2.45, 2.75) is 37.3 Å². The molecule has 0 bridgehead atoms. The molecule has 0 saturated carbocycles. The number of amides is 1. The van der Waals surface area contributed by atoms with E-state index in [0.717, 1.165) is 6.42 Å². The molecule has 0 aromatic rings. The summed E-state index contributed by atoms with van der Waals surface area (Å²) in [5.41, 5.74) is 5.46. The summed E-state index contributed by atoms with van der Waals surface area (Å²) in [4.78, 5) is 13.4. The second-order valence-corrected chi connectivity index (χ2v) is 4.44. The first-order valence-electron chi connectivity index (χ1n) is 5.62. The standard InChI is InChI=1S/C10H18N2O4/c11-3-6-1-2-9(16-6)10(15)12-4-7(13)8(14)5-12/h6-9,13-14H,1-5,11H2/t6?,7-,8+,9?. The zero-order valence-electron chi connectivity index (χ0n) is 9.08. The molecule has 0 radical (unpaired) electrons. The smallest absolute Gasteiger partial charge is 0.251 e. The van der Waals surface area contributed by atoms with E-state index in [4.69, 9.17) is 10.5 Å². The molecule has 0 spiro atoms. The van der Waals surface area contributed by atoms with Gasteiger partial charge in [-0.3, -0.25) is 4.79 Å². The Balaban J connectivity index is 1.89. The highest BCUT2D eigenvalue weighted by atomic mass is 16.5. The van der Waals surface area contributed by atoms with Gasteiger partial charge in [-0.15, -0.1) is 0 Å². The second kappa shape index (κ2) is 4.67. The molecule has 2 unspecified atom stereocenters. The average molecular weight is 230 g/mol. The summed E-state index contributed by atoms with van der Waals surface area (Å²) in [5, 5.41) is 18.7. The number of β-amino-alcohol motifs (C(OH)–C–C–N with tert-alkyl or cyclic N) is 2. The maximum atomic E-state index is 11.9. The van der Waals surface area contributed by atoms with Crippen LogP contribution in [-0.2, 0) is 9.53 Å². The van der Waals surface area contributed by atoms with Crippen molar-refractivity contribution in [2.24, 2.45) is 5.73 Å². The lowest BCUT2D eigenvalue weighted by atomic mass is 10.2. The first-order chi connectivity index (χ1) is 7.61. The van der Waals surface area contributed by atoms with E-state index in [2.05, 4.69) is 0 Å². The Labute approximate surface area is 94.0 Å². The molecule has 6 nitrogen and oxygen atoms in total. The van der Waals surface area contributed by atoms with Gasteiger partial charge in [-0.25, -0.2) is 0 Å². The third-order valence-electron chi connectivity index (χ3n) is 3.22. The molecule has 2 fully saturated rings. The number of nitrogens with zero attached hydrogens (tertiary/aromatic N) is 1. The number of hydrogen-bond donors (Lipinski definition) is 3. The number of rotatable bonds is 2. The highest BCUT2D eigenvalue weighted by Crippen LogP contribution is 2.22. The Hall–Kier alpha value is -0.690. The fraction of sp³-hybridized carbons (Fsp3) is 0.900. The van der Waals surface area contributed by atoms with E-state index in [1.165, 1.54) is 4.90 Å². The minimum atomic E-state index is -0.837. The van der Waals surface area contributed by atoms with Gasteiger partial charge in [0.05, 0.1) is 18.3 Å². The lowest BCUT2D eigenvalue weighted by Crippen LogP contribution is -2.39. The van der Waals surface area contributed by atoms with E-state index in [9.17, 15) is 15.0 Å². The van der Waals surface area contributed by atoms with Crippen LogP contribution in [0.3, 0.4) is 0 Å². The Kier molecular flexibility index (Phi) is 3.44. The number of carbonyl (C=O) groups excluding carboxylic acids is 1. The van der Waals surface area contributed by atoms with Crippen molar-refractivity contribution < 1.29 is 19.7 Å². The third kappa shape index (κ3) is 2.20.